The van der Waals surface area contributed by atoms with Crippen molar-refractivity contribution in [3.63, 3.8) is 0 Å². The summed E-state index contributed by atoms with van der Waals surface area (Å²) >= 11 is 0. The maximum absolute atomic E-state index is 5.94. The van der Waals surface area contributed by atoms with Crippen molar-refractivity contribution in [2.24, 2.45) is 5.73 Å². The summed E-state index contributed by atoms with van der Waals surface area (Å²) in [5.41, 5.74) is 8.58. The minimum absolute atomic E-state index is 0.367. The number of nitrogens with two attached hydrogens (primary N) is 1. The maximum atomic E-state index is 5.94. The predicted molar refractivity (Wildman–Crippen MR) is 76.6 cm³/mol. The third-order valence-corrected chi connectivity index (χ3v) is 3.31. The Hall–Kier alpha value is -1.02. The van der Waals surface area contributed by atoms with Crippen LogP contribution in [0.3, 0.4) is 0 Å². The molecule has 1 aromatic carbocycles. The van der Waals surface area contributed by atoms with Crippen LogP contribution >= 0.6 is 0 Å². The van der Waals surface area contributed by atoms with E-state index >= 15 is 0 Å². The van der Waals surface area contributed by atoms with Gasteiger partial charge in [-0.1, -0.05) is 24.6 Å². The second-order valence-electron chi connectivity index (χ2n) is 4.73. The normalized spacial score (nSPS) is 12.5. The van der Waals surface area contributed by atoms with Crippen molar-refractivity contribution >= 4 is 5.69 Å². The summed E-state index contributed by atoms with van der Waals surface area (Å²) in [6.45, 7) is 8.65. The molecule has 0 aliphatic heterocycles. The molecule has 0 heterocycles. The van der Waals surface area contributed by atoms with Crippen molar-refractivity contribution in [2.45, 2.75) is 46.1 Å². The van der Waals surface area contributed by atoms with E-state index < -0.39 is 0 Å². The van der Waals surface area contributed by atoms with Crippen molar-refractivity contribution in [1.29, 1.82) is 0 Å². The molecule has 0 saturated heterocycles. The number of anilines is 1. The van der Waals surface area contributed by atoms with Crippen LogP contribution in [0.4, 0.5) is 5.69 Å². The molecule has 2 heteroatoms. The number of aryl methyl sites for hydroxylation is 1. The second-order valence-corrected chi connectivity index (χ2v) is 4.73. The van der Waals surface area contributed by atoms with E-state index in [2.05, 4.69) is 49.9 Å². The molecule has 2 N–H and O–H groups in total. The van der Waals surface area contributed by atoms with Crippen LogP contribution in [-0.2, 0) is 0 Å². The first-order chi connectivity index (χ1) is 8.17. The molecule has 0 radical (unpaired) electrons. The molecule has 0 spiro atoms. The van der Waals surface area contributed by atoms with Gasteiger partial charge in [0.2, 0.25) is 0 Å². The fourth-order valence-electron chi connectivity index (χ4n) is 1.97. The Kier molecular flexibility index (Phi) is 6.06. The minimum atomic E-state index is 0.367. The van der Waals surface area contributed by atoms with Gasteiger partial charge in [0.15, 0.2) is 0 Å². The SMILES string of the molecule is CCC(N)CCCN(CC)c1ccc(C)cc1. The lowest BCUT2D eigenvalue weighted by molar-refractivity contribution is 0.563. The average molecular weight is 234 g/mol. The standard InChI is InChI=1S/C15H26N2/c1-4-14(16)7-6-12-17(5-2)15-10-8-13(3)9-11-15/h8-11,14H,4-7,12,16H2,1-3H3. The lowest BCUT2D eigenvalue weighted by Crippen LogP contribution is -2.26. The number of hydrogen-bond donors (Lipinski definition) is 1. The van der Waals surface area contributed by atoms with Crippen LogP contribution in [0.2, 0.25) is 0 Å². The molecule has 96 valence electrons. The predicted octanol–water partition coefficient (Wildman–Crippen LogP) is 3.34. The Bertz CT molecular complexity index is 305. The Balaban J connectivity index is 2.45. The summed E-state index contributed by atoms with van der Waals surface area (Å²) in [7, 11) is 0. The molecule has 0 aliphatic rings. The molecule has 0 aliphatic carbocycles. The van der Waals surface area contributed by atoms with Crippen LogP contribution in [0.5, 0.6) is 0 Å². The Morgan fingerprint density at radius 1 is 1.18 bits per heavy atom. The quantitative estimate of drug-likeness (QED) is 0.784. The number of rotatable bonds is 7. The van der Waals surface area contributed by atoms with Gasteiger partial charge >= 0.3 is 0 Å². The van der Waals surface area contributed by atoms with Gasteiger partial charge in [-0.15, -0.1) is 0 Å². The average Bonchev–Trinajstić information content (AvgIpc) is 2.35. The van der Waals surface area contributed by atoms with Gasteiger partial charge in [-0.2, -0.15) is 0 Å². The summed E-state index contributed by atoms with van der Waals surface area (Å²) in [5.74, 6) is 0. The topological polar surface area (TPSA) is 29.3 Å². The van der Waals surface area contributed by atoms with Gasteiger partial charge in [0, 0.05) is 24.8 Å². The van der Waals surface area contributed by atoms with Crippen LogP contribution < -0.4 is 10.6 Å². The first kappa shape index (κ1) is 14.0. The summed E-state index contributed by atoms with van der Waals surface area (Å²) in [5, 5.41) is 0. The van der Waals surface area contributed by atoms with Crippen LogP contribution in [0.25, 0.3) is 0 Å². The zero-order chi connectivity index (χ0) is 12.7. The van der Waals surface area contributed by atoms with Gasteiger partial charge < -0.3 is 10.6 Å². The van der Waals surface area contributed by atoms with Gasteiger partial charge in [-0.3, -0.25) is 0 Å². The molecule has 1 rings (SSSR count). The molecule has 1 atom stereocenters. The van der Waals surface area contributed by atoms with E-state index in [4.69, 9.17) is 5.73 Å². The number of hydrogen-bond acceptors (Lipinski definition) is 2. The van der Waals surface area contributed by atoms with Crippen LogP contribution in [0, 0.1) is 6.92 Å². The fourth-order valence-corrected chi connectivity index (χ4v) is 1.97. The number of nitrogens with zero attached hydrogens (tertiary/aromatic N) is 1. The van der Waals surface area contributed by atoms with Crippen LogP contribution in [0.1, 0.15) is 38.7 Å². The van der Waals surface area contributed by atoms with Crippen molar-refractivity contribution in [2.75, 3.05) is 18.0 Å². The highest BCUT2D eigenvalue weighted by molar-refractivity contribution is 5.47. The molecular weight excluding hydrogens is 208 g/mol. The molecule has 0 bridgehead atoms. The van der Waals surface area contributed by atoms with E-state index in [0.29, 0.717) is 6.04 Å². The lowest BCUT2D eigenvalue weighted by atomic mass is 10.1. The Labute approximate surface area is 106 Å². The summed E-state index contributed by atoms with van der Waals surface area (Å²) in [4.78, 5) is 2.42. The van der Waals surface area contributed by atoms with Crippen LogP contribution in [0.15, 0.2) is 24.3 Å². The van der Waals surface area contributed by atoms with E-state index in [9.17, 15) is 0 Å². The van der Waals surface area contributed by atoms with Crippen molar-refractivity contribution < 1.29 is 0 Å². The maximum Gasteiger partial charge on any atom is 0.0366 e. The summed E-state index contributed by atoms with van der Waals surface area (Å²) in [6, 6.07) is 9.13. The van der Waals surface area contributed by atoms with E-state index in [-0.39, 0.29) is 0 Å². The highest BCUT2D eigenvalue weighted by Crippen LogP contribution is 2.15. The third kappa shape index (κ3) is 4.78. The molecule has 0 saturated carbocycles. The molecular formula is C15H26N2. The minimum Gasteiger partial charge on any atom is -0.372 e. The van der Waals surface area contributed by atoms with Gasteiger partial charge in [0.05, 0.1) is 0 Å². The van der Waals surface area contributed by atoms with Crippen molar-refractivity contribution in [3.8, 4) is 0 Å². The summed E-state index contributed by atoms with van der Waals surface area (Å²) in [6.07, 6.45) is 3.38. The number of benzene rings is 1. The fraction of sp³-hybridized carbons (Fsp3) is 0.600. The first-order valence-electron chi connectivity index (χ1n) is 6.74. The summed E-state index contributed by atoms with van der Waals surface area (Å²) < 4.78 is 0. The van der Waals surface area contributed by atoms with Crippen molar-refractivity contribution in [1.82, 2.24) is 0 Å². The Morgan fingerprint density at radius 3 is 2.35 bits per heavy atom. The second kappa shape index (κ2) is 7.33. The molecule has 1 unspecified atom stereocenters. The highest BCUT2D eigenvalue weighted by atomic mass is 15.1. The van der Waals surface area contributed by atoms with Gasteiger partial charge in [0.25, 0.3) is 0 Å². The molecule has 2 nitrogen and oxygen atoms in total. The van der Waals surface area contributed by atoms with Crippen molar-refractivity contribution in [3.05, 3.63) is 29.8 Å². The monoisotopic (exact) mass is 234 g/mol. The molecule has 0 amide bonds. The highest BCUT2D eigenvalue weighted by Gasteiger charge is 2.05. The van der Waals surface area contributed by atoms with E-state index in [1.807, 2.05) is 0 Å². The molecule has 17 heavy (non-hydrogen) atoms. The van der Waals surface area contributed by atoms with Crippen LogP contribution in [-0.4, -0.2) is 19.1 Å². The molecule has 0 fully saturated rings. The smallest absolute Gasteiger partial charge is 0.0366 e. The first-order valence-corrected chi connectivity index (χ1v) is 6.74. The van der Waals surface area contributed by atoms with E-state index in [0.717, 1.165) is 25.9 Å². The molecule has 1 aromatic rings. The van der Waals surface area contributed by atoms with E-state index in [1.165, 1.54) is 17.7 Å². The Morgan fingerprint density at radius 2 is 1.82 bits per heavy atom. The van der Waals surface area contributed by atoms with E-state index in [1.54, 1.807) is 0 Å². The zero-order valence-electron chi connectivity index (χ0n) is 11.4. The molecule has 0 aromatic heterocycles. The van der Waals surface area contributed by atoms with Gasteiger partial charge in [0.1, 0.15) is 0 Å². The lowest BCUT2D eigenvalue weighted by Gasteiger charge is -2.23. The van der Waals surface area contributed by atoms with Gasteiger partial charge in [-0.25, -0.2) is 0 Å². The third-order valence-electron chi connectivity index (χ3n) is 3.31. The largest absolute Gasteiger partial charge is 0.372 e. The zero-order valence-corrected chi connectivity index (χ0v) is 11.4. The van der Waals surface area contributed by atoms with Gasteiger partial charge in [-0.05, 0) is 45.2 Å².